The van der Waals surface area contributed by atoms with E-state index in [0.717, 1.165) is 0 Å². The van der Waals surface area contributed by atoms with Gasteiger partial charge >= 0.3 is 0 Å². The first kappa shape index (κ1) is 16.5. The van der Waals surface area contributed by atoms with Crippen molar-refractivity contribution in [3.05, 3.63) is 24.3 Å². The molecule has 0 amide bonds. The number of rotatable bonds is 6. The van der Waals surface area contributed by atoms with Crippen LogP contribution >= 0.6 is 11.6 Å². The normalized spacial score (nSPS) is 14.3. The minimum absolute atomic E-state index is 0.0746. The SMILES string of the molecule is CCCS(=O)(=O)c1ccccc1S(=O)(=O)C(C)CCl. The lowest BCUT2D eigenvalue weighted by Gasteiger charge is -2.14. The van der Waals surface area contributed by atoms with Crippen LogP contribution in [-0.4, -0.2) is 33.7 Å². The predicted octanol–water partition coefficient (Wildman–Crippen LogP) is 2.27. The average molecular weight is 325 g/mol. The van der Waals surface area contributed by atoms with Gasteiger partial charge in [0, 0.05) is 5.88 Å². The maximum absolute atomic E-state index is 12.3. The van der Waals surface area contributed by atoms with Crippen molar-refractivity contribution in [2.75, 3.05) is 11.6 Å². The number of benzene rings is 1. The molecule has 1 atom stereocenters. The van der Waals surface area contributed by atoms with Crippen molar-refractivity contribution in [1.29, 1.82) is 0 Å². The summed E-state index contributed by atoms with van der Waals surface area (Å²) >= 11 is 5.59. The second-order valence-electron chi connectivity index (χ2n) is 4.28. The third-order valence-electron chi connectivity index (χ3n) is 2.71. The maximum Gasteiger partial charge on any atom is 0.183 e. The van der Waals surface area contributed by atoms with Crippen LogP contribution in [0.1, 0.15) is 20.3 Å². The smallest absolute Gasteiger partial charge is 0.183 e. The van der Waals surface area contributed by atoms with E-state index >= 15 is 0 Å². The Bertz CT molecular complexity index is 635. The van der Waals surface area contributed by atoms with E-state index in [2.05, 4.69) is 0 Å². The molecule has 0 aliphatic heterocycles. The van der Waals surface area contributed by atoms with Crippen LogP contribution < -0.4 is 0 Å². The summed E-state index contributed by atoms with van der Waals surface area (Å²) in [5.41, 5.74) is 0. The Morgan fingerprint density at radius 2 is 1.63 bits per heavy atom. The number of sulfone groups is 2. The zero-order valence-corrected chi connectivity index (χ0v) is 13.2. The number of hydrogen-bond donors (Lipinski definition) is 0. The molecule has 19 heavy (non-hydrogen) atoms. The minimum atomic E-state index is -3.73. The van der Waals surface area contributed by atoms with E-state index in [-0.39, 0.29) is 21.4 Å². The Labute approximate surface area is 119 Å². The van der Waals surface area contributed by atoms with Crippen LogP contribution in [0.5, 0.6) is 0 Å². The van der Waals surface area contributed by atoms with Crippen molar-refractivity contribution >= 4 is 31.3 Å². The van der Waals surface area contributed by atoms with Gasteiger partial charge in [0.1, 0.15) is 0 Å². The molecule has 0 aliphatic rings. The molecule has 108 valence electrons. The molecule has 4 nitrogen and oxygen atoms in total. The summed E-state index contributed by atoms with van der Waals surface area (Å²) in [6, 6.07) is 5.69. The molecule has 0 heterocycles. The molecule has 0 aromatic heterocycles. The van der Waals surface area contributed by atoms with Crippen LogP contribution in [0.25, 0.3) is 0 Å². The van der Waals surface area contributed by atoms with Crippen LogP contribution in [0.2, 0.25) is 0 Å². The van der Waals surface area contributed by atoms with E-state index in [1.54, 1.807) is 6.92 Å². The summed E-state index contributed by atoms with van der Waals surface area (Å²) in [6.07, 6.45) is 0.432. The van der Waals surface area contributed by atoms with Gasteiger partial charge in [0.2, 0.25) is 0 Å². The molecule has 0 bridgehead atoms. The van der Waals surface area contributed by atoms with Gasteiger partial charge < -0.3 is 0 Å². The molecule has 0 fully saturated rings. The van der Waals surface area contributed by atoms with Crippen LogP contribution in [0, 0.1) is 0 Å². The molecule has 1 rings (SSSR count). The molecule has 1 aromatic rings. The van der Waals surface area contributed by atoms with Gasteiger partial charge in [0.05, 0.1) is 20.8 Å². The van der Waals surface area contributed by atoms with Crippen LogP contribution in [0.4, 0.5) is 0 Å². The lowest BCUT2D eigenvalue weighted by atomic mass is 10.4. The molecule has 1 aromatic carbocycles. The summed E-state index contributed by atoms with van der Waals surface area (Å²) in [5, 5.41) is -0.827. The van der Waals surface area contributed by atoms with Crippen molar-refractivity contribution in [3.63, 3.8) is 0 Å². The average Bonchev–Trinajstić information content (AvgIpc) is 2.37. The van der Waals surface area contributed by atoms with E-state index < -0.39 is 24.9 Å². The topological polar surface area (TPSA) is 68.3 Å². The van der Waals surface area contributed by atoms with Gasteiger partial charge in [-0.25, -0.2) is 16.8 Å². The Morgan fingerprint density at radius 1 is 1.11 bits per heavy atom. The van der Waals surface area contributed by atoms with Gasteiger partial charge in [-0.1, -0.05) is 19.1 Å². The van der Waals surface area contributed by atoms with E-state index in [9.17, 15) is 16.8 Å². The molecule has 0 N–H and O–H groups in total. The van der Waals surface area contributed by atoms with Gasteiger partial charge in [-0.2, -0.15) is 0 Å². The zero-order valence-electron chi connectivity index (χ0n) is 10.8. The molecule has 0 spiro atoms. The van der Waals surface area contributed by atoms with Crippen molar-refractivity contribution in [2.24, 2.45) is 0 Å². The first-order chi connectivity index (χ1) is 8.77. The van der Waals surface area contributed by atoms with Gasteiger partial charge in [0.25, 0.3) is 0 Å². The van der Waals surface area contributed by atoms with Crippen molar-refractivity contribution in [2.45, 2.75) is 35.3 Å². The molecule has 1 unspecified atom stereocenters. The van der Waals surface area contributed by atoms with E-state index in [4.69, 9.17) is 11.6 Å². The van der Waals surface area contributed by atoms with Gasteiger partial charge in [-0.15, -0.1) is 11.6 Å². The predicted molar refractivity (Wildman–Crippen MR) is 76.2 cm³/mol. The summed E-state index contributed by atoms with van der Waals surface area (Å²) in [5.74, 6) is -0.153. The fourth-order valence-corrected chi connectivity index (χ4v) is 5.48. The zero-order chi connectivity index (χ0) is 14.7. The van der Waals surface area contributed by atoms with E-state index in [0.29, 0.717) is 6.42 Å². The Kier molecular flexibility index (Phi) is 5.41. The highest BCUT2D eigenvalue weighted by molar-refractivity contribution is 7.94. The van der Waals surface area contributed by atoms with Crippen molar-refractivity contribution in [3.8, 4) is 0 Å². The standard InChI is InChI=1S/C12H17ClO4S2/c1-3-8-18(14,15)11-6-4-5-7-12(11)19(16,17)10(2)9-13/h4-7,10H,3,8-9H2,1-2H3. The third-order valence-corrected chi connectivity index (χ3v) is 7.65. The summed E-state index contributed by atoms with van der Waals surface area (Å²) in [7, 11) is -7.32. The Morgan fingerprint density at radius 3 is 2.11 bits per heavy atom. The summed E-state index contributed by atoms with van der Waals surface area (Å²) in [6.45, 7) is 3.20. The largest absolute Gasteiger partial charge is 0.224 e. The van der Waals surface area contributed by atoms with Gasteiger partial charge in [0.15, 0.2) is 19.7 Å². The monoisotopic (exact) mass is 324 g/mol. The van der Waals surface area contributed by atoms with E-state index in [1.807, 2.05) is 0 Å². The fourth-order valence-electron chi connectivity index (χ4n) is 1.62. The Balaban J connectivity index is 3.49. The second kappa shape index (κ2) is 6.24. The highest BCUT2D eigenvalue weighted by Crippen LogP contribution is 2.26. The van der Waals surface area contributed by atoms with Crippen LogP contribution in [0.3, 0.4) is 0 Å². The lowest BCUT2D eigenvalue weighted by Crippen LogP contribution is -2.22. The number of alkyl halides is 1. The molecular weight excluding hydrogens is 308 g/mol. The summed E-state index contributed by atoms with van der Waals surface area (Å²) < 4.78 is 48.8. The molecular formula is C12H17ClO4S2. The molecule has 0 radical (unpaired) electrons. The highest BCUT2D eigenvalue weighted by atomic mass is 35.5. The molecule has 0 saturated carbocycles. The first-order valence-electron chi connectivity index (χ1n) is 5.89. The number of halogens is 1. The number of hydrogen-bond acceptors (Lipinski definition) is 4. The summed E-state index contributed by atoms with van der Waals surface area (Å²) in [4.78, 5) is -0.287. The maximum atomic E-state index is 12.3. The quantitative estimate of drug-likeness (QED) is 0.753. The third kappa shape index (κ3) is 3.49. The molecule has 0 aliphatic carbocycles. The van der Waals surface area contributed by atoms with E-state index in [1.165, 1.54) is 31.2 Å². The fraction of sp³-hybridized carbons (Fsp3) is 0.500. The molecule has 0 saturated heterocycles. The van der Waals surface area contributed by atoms with Gasteiger partial charge in [-0.3, -0.25) is 0 Å². The minimum Gasteiger partial charge on any atom is -0.224 e. The first-order valence-corrected chi connectivity index (χ1v) is 9.62. The van der Waals surface area contributed by atoms with Crippen molar-refractivity contribution in [1.82, 2.24) is 0 Å². The van der Waals surface area contributed by atoms with Crippen molar-refractivity contribution < 1.29 is 16.8 Å². The van der Waals surface area contributed by atoms with Crippen LogP contribution in [0.15, 0.2) is 34.1 Å². The lowest BCUT2D eigenvalue weighted by molar-refractivity contribution is 0.577. The second-order valence-corrected chi connectivity index (χ2v) is 9.00. The Hall–Kier alpha value is -0.590. The highest BCUT2D eigenvalue weighted by Gasteiger charge is 2.29. The molecule has 7 heteroatoms. The van der Waals surface area contributed by atoms with Crippen LogP contribution in [-0.2, 0) is 19.7 Å². The van der Waals surface area contributed by atoms with Gasteiger partial charge in [-0.05, 0) is 25.5 Å².